The lowest BCUT2D eigenvalue weighted by Gasteiger charge is -2.20. The van der Waals surface area contributed by atoms with Crippen molar-refractivity contribution in [3.63, 3.8) is 0 Å². The average molecular weight is 1730 g/mol. The molecule has 0 fully saturated rings. The van der Waals surface area contributed by atoms with Crippen molar-refractivity contribution < 1.29 is 35.8 Å². The molecule has 0 amide bonds. The first-order valence-corrected chi connectivity index (χ1v) is 44.2. The van der Waals surface area contributed by atoms with Gasteiger partial charge in [0.2, 0.25) is 0 Å². The molecule has 20 nitrogen and oxygen atoms in total. The zero-order valence-corrected chi connectivity index (χ0v) is 77.2. The van der Waals surface area contributed by atoms with Crippen molar-refractivity contribution in [3.05, 3.63) is 257 Å². The Kier molecular flexibility index (Phi) is 45.2. The second-order valence-corrected chi connectivity index (χ2v) is 31.7. The number of aromatic nitrogens is 11. The molecule has 0 bridgehead atoms. The Balaban J connectivity index is 0.000000206. The van der Waals surface area contributed by atoms with Gasteiger partial charge in [0.05, 0.1) is 79.1 Å². The van der Waals surface area contributed by atoms with Crippen molar-refractivity contribution in [1.29, 1.82) is 0 Å². The van der Waals surface area contributed by atoms with Crippen LogP contribution in [-0.2, 0) is 82.0 Å². The molecule has 0 aliphatic carbocycles. The number of ether oxygens (including phenoxy) is 2. The maximum absolute atomic E-state index is 13.2. The summed E-state index contributed by atoms with van der Waals surface area (Å²) in [4.78, 5) is 13.8. The van der Waals surface area contributed by atoms with Crippen LogP contribution >= 0.6 is 0 Å². The van der Waals surface area contributed by atoms with Crippen LogP contribution in [0.5, 0.6) is 0 Å². The van der Waals surface area contributed by atoms with E-state index in [2.05, 4.69) is 185 Å². The van der Waals surface area contributed by atoms with Gasteiger partial charge in [-0.3, -0.25) is 28.7 Å². The van der Waals surface area contributed by atoms with Crippen LogP contribution in [-0.4, -0.2) is 205 Å². The van der Waals surface area contributed by atoms with Gasteiger partial charge in [-0.15, -0.1) is 0 Å². The van der Waals surface area contributed by atoms with Crippen LogP contribution in [0.2, 0.25) is 0 Å². The van der Waals surface area contributed by atoms with E-state index >= 15 is 0 Å². The van der Waals surface area contributed by atoms with Gasteiger partial charge in [0.25, 0.3) is 0 Å². The summed E-state index contributed by atoms with van der Waals surface area (Å²) in [5.41, 5.74) is 19.2. The molecule has 0 atom stereocenters. The van der Waals surface area contributed by atoms with Gasteiger partial charge < -0.3 is 43.9 Å². The van der Waals surface area contributed by atoms with Gasteiger partial charge in [-0.1, -0.05) is 54.4 Å². The van der Waals surface area contributed by atoms with Crippen LogP contribution in [0.25, 0.3) is 67.5 Å². The monoisotopic (exact) mass is 1730 g/mol. The normalized spacial score (nSPS) is 11.3. The summed E-state index contributed by atoms with van der Waals surface area (Å²) in [5.74, 6) is -1.29. The molecule has 12 aromatic rings. The van der Waals surface area contributed by atoms with Crippen molar-refractivity contribution in [3.8, 4) is 67.5 Å². The number of aromatic amines is 1. The van der Waals surface area contributed by atoms with Gasteiger partial charge in [-0.2, -0.15) is 25.5 Å². The first-order chi connectivity index (χ1) is 60.4. The molecule has 125 heavy (non-hydrogen) atoms. The molecule has 6 aromatic carbocycles. The van der Waals surface area contributed by atoms with E-state index < -0.39 is 0 Å². The lowest BCUT2D eigenvalue weighted by atomic mass is 10.1. The number of H-pyrrole nitrogens is 1. The van der Waals surface area contributed by atoms with Crippen LogP contribution in [0.1, 0.15) is 134 Å². The highest BCUT2D eigenvalue weighted by molar-refractivity contribution is 5.67. The molecule has 0 radical (unpaired) electrons. The third-order valence-corrected chi connectivity index (χ3v) is 21.1. The highest BCUT2D eigenvalue weighted by Gasteiger charge is 2.21. The van der Waals surface area contributed by atoms with E-state index in [1.807, 2.05) is 75.7 Å². The molecular formula is C99H138F6N18O2. The third-order valence-electron chi connectivity index (χ3n) is 21.1. The molecule has 6 aromatic heterocycles. The summed E-state index contributed by atoms with van der Waals surface area (Å²) < 4.78 is 98.7. The summed E-state index contributed by atoms with van der Waals surface area (Å²) >= 11 is 0. The Morgan fingerprint density at radius 3 is 1.16 bits per heavy atom. The quantitative estimate of drug-likeness (QED) is 0.0349. The second kappa shape index (κ2) is 55.4. The average Bonchev–Trinajstić information content (AvgIpc) is 1.14. The van der Waals surface area contributed by atoms with Crippen molar-refractivity contribution in [1.82, 2.24) is 88.6 Å². The number of methoxy groups -OCH3 is 2. The summed E-state index contributed by atoms with van der Waals surface area (Å²) in [6.45, 7) is 34.8. The van der Waals surface area contributed by atoms with Gasteiger partial charge in [0, 0.05) is 161 Å². The van der Waals surface area contributed by atoms with Crippen LogP contribution in [0.3, 0.4) is 0 Å². The first-order valence-electron chi connectivity index (χ1n) is 44.2. The number of aryl methyl sites for hydroxylation is 3. The predicted molar refractivity (Wildman–Crippen MR) is 498 cm³/mol. The van der Waals surface area contributed by atoms with Gasteiger partial charge in [0.15, 0.2) is 0 Å². The topological polar surface area (TPSA) is 155 Å². The van der Waals surface area contributed by atoms with Crippen molar-refractivity contribution in [2.75, 3.05) is 122 Å². The summed E-state index contributed by atoms with van der Waals surface area (Å²) in [6.07, 6.45) is 20.1. The molecule has 0 saturated heterocycles. The molecular weight excluding hydrogens is 1590 g/mol. The highest BCUT2D eigenvalue weighted by Crippen LogP contribution is 2.31. The van der Waals surface area contributed by atoms with Gasteiger partial charge in [-0.05, 0) is 290 Å². The molecule has 12 rings (SSSR count). The number of likely N-dealkylation sites (N-methyl/N-ethyl adjacent to an activating group) is 2. The fourth-order valence-corrected chi connectivity index (χ4v) is 14.6. The van der Waals surface area contributed by atoms with Crippen molar-refractivity contribution in [2.45, 2.75) is 166 Å². The van der Waals surface area contributed by atoms with Gasteiger partial charge >= 0.3 is 0 Å². The van der Waals surface area contributed by atoms with E-state index in [4.69, 9.17) is 9.47 Å². The third kappa shape index (κ3) is 33.6. The Labute approximate surface area is 740 Å². The smallest absolute Gasteiger partial charge is 0.123 e. The number of benzene rings is 6. The Morgan fingerprint density at radius 2 is 0.752 bits per heavy atom. The molecule has 6 heterocycles. The van der Waals surface area contributed by atoms with Crippen LogP contribution in [0.4, 0.5) is 26.3 Å². The molecule has 2 N–H and O–H groups in total. The molecule has 0 spiro atoms. The maximum atomic E-state index is 13.2. The highest BCUT2D eigenvalue weighted by atomic mass is 19.1. The zero-order chi connectivity index (χ0) is 90.6. The van der Waals surface area contributed by atoms with E-state index in [9.17, 15) is 26.3 Å². The standard InChI is InChI=1S/2C17H24FN3O.2C17H24FN3.C16H21FN2.C15H21FN4/c1-4-9-20(2)12-15-13-21(10-11-22-3)19-17(15)14-5-7-16(18)8-6-14;1-4-9-20(2)13-15-12-19-21(10-11-22-3)17(15)14-5-7-16(18)8-6-14;1-4-6-11-20(3)12-15-13-21(5-2)19-17(15)14-7-9-16(18)10-8-14;1-4-6-11-20(3)13-15-12-19-21(5-2)17(15)14-7-9-16(18)10-8-14;1-4-10-18(2)12-14-9-11-19(3)16(14)13-5-7-15(17)8-6-13;1-3-20(9-8-17-2)11-13-10-18-19-15(13)12-4-6-14(16)7-5-12/h5-8,13H,4,9-12H2,1-3H3;5-8,12H,4,9-11,13H2,1-3H3;7-10,13H,4-6,11-12H2,1-3H3;7-10,12H,4-6,11,13H2,1-3H3;5-9,11H,4,10,12H2,1-3H3;4-7,10,17H,3,8-9,11H2,1-2H3,(H,18,19). The van der Waals surface area contributed by atoms with Gasteiger partial charge in [-0.25, -0.2) is 26.3 Å². The summed E-state index contributed by atoms with van der Waals surface area (Å²) in [7, 11) is 17.9. The Hall–Kier alpha value is -10.1. The van der Waals surface area contributed by atoms with Crippen molar-refractivity contribution >= 4 is 0 Å². The minimum atomic E-state index is -0.229. The lowest BCUT2D eigenvalue weighted by Crippen LogP contribution is -2.30. The number of rotatable bonds is 42. The Bertz CT molecular complexity index is 4900. The van der Waals surface area contributed by atoms with E-state index in [0.29, 0.717) is 26.3 Å². The maximum Gasteiger partial charge on any atom is 0.123 e. The Morgan fingerprint density at radius 1 is 0.376 bits per heavy atom. The number of unbranched alkanes of at least 4 members (excludes halogenated alkanes) is 2. The first kappa shape index (κ1) is 102. The second-order valence-electron chi connectivity index (χ2n) is 31.7. The van der Waals surface area contributed by atoms with Gasteiger partial charge in [0.1, 0.15) is 34.9 Å². The fourth-order valence-electron chi connectivity index (χ4n) is 14.6. The van der Waals surface area contributed by atoms with Crippen LogP contribution in [0.15, 0.2) is 189 Å². The molecule has 0 aliphatic rings. The van der Waals surface area contributed by atoms with Crippen LogP contribution < -0.4 is 5.32 Å². The number of nitrogens with one attached hydrogen (secondary N) is 2. The van der Waals surface area contributed by atoms with Crippen LogP contribution in [0, 0.1) is 34.9 Å². The molecule has 678 valence electrons. The largest absolute Gasteiger partial charge is 0.383 e. The minimum Gasteiger partial charge on any atom is -0.383 e. The summed E-state index contributed by atoms with van der Waals surface area (Å²) in [6, 6.07) is 41.7. The van der Waals surface area contributed by atoms with E-state index in [1.54, 1.807) is 62.8 Å². The van der Waals surface area contributed by atoms with E-state index in [0.717, 1.165) is 203 Å². The fraction of sp³-hybridized carbons (Fsp3) is 0.444. The molecule has 26 heteroatoms. The minimum absolute atomic E-state index is 0.192. The number of nitrogens with zero attached hydrogens (tertiary/aromatic N) is 16. The number of halogens is 6. The summed E-state index contributed by atoms with van der Waals surface area (Å²) in [5, 5.41) is 28.5. The predicted octanol–water partition coefficient (Wildman–Crippen LogP) is 20.2. The number of hydrogen-bond donors (Lipinski definition) is 2. The van der Waals surface area contributed by atoms with E-state index in [-0.39, 0.29) is 34.9 Å². The molecule has 0 unspecified atom stereocenters. The lowest BCUT2D eigenvalue weighted by molar-refractivity contribution is 0.183. The zero-order valence-electron chi connectivity index (χ0n) is 77.2. The molecule has 0 aliphatic heterocycles. The van der Waals surface area contributed by atoms with E-state index in [1.165, 1.54) is 121 Å². The number of hydrogen-bond acceptors (Lipinski definition) is 14. The molecule has 0 saturated carbocycles. The SMILES string of the molecule is CCCCN(C)Cc1cn(CC)nc1-c1ccc(F)cc1.CCCCN(C)Cc1cnn(CC)c1-c1ccc(F)cc1.CCCN(C)Cc1ccn(C)c1-c1ccc(F)cc1.CCCN(C)Cc1cn(CCOC)nc1-c1ccc(F)cc1.CCCN(C)Cc1cnn(CCOC)c1-c1ccc(F)cc1.CCN(CCNC)Cc1cn[nH]c1-c1ccc(F)cc1. The van der Waals surface area contributed by atoms with Crippen molar-refractivity contribution in [2.24, 2.45) is 7.05 Å².